The van der Waals surface area contributed by atoms with Crippen molar-refractivity contribution < 1.29 is 37.3 Å². The monoisotopic (exact) mass is 929 g/mol. The first-order chi connectivity index (χ1) is 28.3. The van der Waals surface area contributed by atoms with Crippen LogP contribution >= 0.6 is 21.3 Å². The molecule has 3 saturated heterocycles. The molecule has 1 amide bonds. The molecule has 2 aromatic heterocycles. The molecule has 0 radical (unpaired) electrons. The summed E-state index contributed by atoms with van der Waals surface area (Å²) in [5.41, 5.74) is -0.503. The molecule has 18 heteroatoms. The Morgan fingerprint density at radius 1 is 1.10 bits per heavy atom. The number of hydrogen-bond donors (Lipinski definition) is 1. The largest absolute Gasteiger partial charge is 0.475 e. The highest BCUT2D eigenvalue weighted by Gasteiger charge is 2.50. The highest BCUT2D eigenvalue weighted by molar-refractivity contribution is 14.1. The number of aromatic nitrogens is 3. The number of hydrogen-bond acceptors (Lipinski definition) is 13. The van der Waals surface area contributed by atoms with Crippen LogP contribution in [-0.2, 0) is 9.47 Å². The lowest BCUT2D eigenvalue weighted by atomic mass is 9.95. The summed E-state index contributed by atoms with van der Waals surface area (Å²) in [6.45, 7) is 11.6. The second kappa shape index (κ2) is 16.6. The van der Waals surface area contributed by atoms with Gasteiger partial charge in [-0.1, -0.05) is 13.0 Å². The third-order valence-electron chi connectivity index (χ3n) is 12.0. The molecular formula is C41H50F2IN9O6. The van der Waals surface area contributed by atoms with E-state index in [4.69, 9.17) is 42.2 Å². The molecule has 0 spiro atoms. The van der Waals surface area contributed by atoms with Crippen LogP contribution in [0.25, 0.3) is 32.9 Å². The van der Waals surface area contributed by atoms with Crippen molar-refractivity contribution in [2.75, 3.05) is 58.2 Å². The fourth-order valence-corrected chi connectivity index (χ4v) is 9.56. The summed E-state index contributed by atoms with van der Waals surface area (Å²) < 4.78 is 74.2. The summed E-state index contributed by atoms with van der Waals surface area (Å²) in [7, 11) is 1.50. The van der Waals surface area contributed by atoms with Gasteiger partial charge >= 0.3 is 12.1 Å². The predicted octanol–water partition coefficient (Wildman–Crippen LogP) is 8.49. The Balaban J connectivity index is 1.26. The molecule has 2 aromatic carbocycles. The maximum atomic E-state index is 17.6. The van der Waals surface area contributed by atoms with Crippen molar-refractivity contribution in [3.8, 4) is 28.9 Å². The number of benzene rings is 2. The zero-order valence-corrected chi connectivity index (χ0v) is 36.3. The molecule has 8 rings (SSSR count). The Kier molecular flexibility index (Phi) is 11.6. The number of nitrogens with zero attached hydrogens (tertiary/aromatic N) is 8. The van der Waals surface area contributed by atoms with Crippen LogP contribution in [0.15, 0.2) is 32.7 Å². The van der Waals surface area contributed by atoms with Crippen LogP contribution in [0, 0.1) is 22.1 Å². The zero-order valence-electron chi connectivity index (χ0n) is 34.2. The lowest BCUT2D eigenvalue weighted by Crippen LogP contribution is -2.62. The van der Waals surface area contributed by atoms with Crippen molar-refractivity contribution in [3.05, 3.63) is 41.5 Å². The van der Waals surface area contributed by atoms with E-state index in [0.29, 0.717) is 53.0 Å². The van der Waals surface area contributed by atoms with Gasteiger partial charge in [0.05, 0.1) is 24.2 Å². The Bertz CT molecular complexity index is 2310. The molecule has 316 valence electrons. The van der Waals surface area contributed by atoms with E-state index >= 15 is 8.78 Å². The number of aryl methyl sites for hydroxylation is 1. The number of amides is 1. The second-order valence-electron chi connectivity index (χ2n) is 16.7. The van der Waals surface area contributed by atoms with Crippen LogP contribution in [0.5, 0.6) is 17.6 Å². The van der Waals surface area contributed by atoms with E-state index in [2.05, 4.69) is 18.2 Å². The van der Waals surface area contributed by atoms with Gasteiger partial charge in [0.25, 0.3) is 0 Å². The Morgan fingerprint density at radius 2 is 1.93 bits per heavy atom. The van der Waals surface area contributed by atoms with Crippen molar-refractivity contribution in [2.45, 2.75) is 96.0 Å². The quantitative estimate of drug-likeness (QED) is 0.0873. The molecule has 4 aliphatic heterocycles. The summed E-state index contributed by atoms with van der Waals surface area (Å²) in [6, 6.07) is 5.92. The molecule has 4 atom stereocenters. The Hall–Kier alpha value is -4.43. The number of carbonyl (C=O) groups is 1. The number of piperazine rings is 1. The normalized spacial score (nSPS) is 23.1. The molecular weight excluding hydrogens is 879 g/mol. The summed E-state index contributed by atoms with van der Waals surface area (Å²) in [5, 5.41) is 5.65. The van der Waals surface area contributed by atoms with Gasteiger partial charge in [-0.05, 0) is 101 Å². The minimum absolute atomic E-state index is 0.00496. The maximum absolute atomic E-state index is 17.6. The van der Waals surface area contributed by atoms with E-state index < -0.39 is 50.7 Å². The van der Waals surface area contributed by atoms with Crippen LogP contribution in [0.2, 0.25) is 0 Å². The van der Waals surface area contributed by atoms with Gasteiger partial charge in [0.2, 0.25) is 5.88 Å². The molecule has 1 N–H and O–H groups in total. The van der Waals surface area contributed by atoms with Gasteiger partial charge in [0.15, 0.2) is 33.9 Å². The maximum Gasteiger partial charge on any atom is 0.410 e. The van der Waals surface area contributed by atoms with Crippen LogP contribution in [0.4, 0.5) is 19.4 Å². The minimum Gasteiger partial charge on any atom is -0.475 e. The van der Waals surface area contributed by atoms with Crippen LogP contribution < -0.4 is 19.1 Å². The standard InChI is InChI=1S/C41H50F2IN9O6/c1-7-25-18-51-27(19-52(25)39(54)59-40(3,4)5)20-56-37-32-35(33(43)34(47-37)29-16-28(58-22-55-6)15-24-9-10-30(42)23(2)31(24)29)48-38(49-36(32)51)57-21-41-12-8-14-53(41)26(11-13-41)17-46-50-44-45/h9-10,15-16,25-27,45H,7-8,11-14,17-22H2,1-6H3/t25-,26+,27+,41+/m1/s1. The van der Waals surface area contributed by atoms with E-state index in [1.807, 2.05) is 27.7 Å². The molecule has 0 bridgehead atoms. The topological polar surface area (TPSA) is 160 Å². The highest BCUT2D eigenvalue weighted by atomic mass is 127. The van der Waals surface area contributed by atoms with Gasteiger partial charge in [-0.3, -0.25) is 8.46 Å². The number of methoxy groups -OCH3 is 1. The first-order valence-electron chi connectivity index (χ1n) is 20.1. The number of rotatable bonds is 11. The molecule has 0 saturated carbocycles. The molecule has 3 fully saturated rings. The van der Waals surface area contributed by atoms with Gasteiger partial charge in [-0.15, -0.1) is 3.33 Å². The second-order valence-corrected chi connectivity index (χ2v) is 17.6. The Labute approximate surface area is 352 Å². The molecule has 0 aliphatic carbocycles. The number of halogens is 3. The number of fused-ring (bicyclic) bond motifs is 4. The van der Waals surface area contributed by atoms with Gasteiger partial charge in [-0.2, -0.15) is 15.1 Å². The van der Waals surface area contributed by atoms with Crippen LogP contribution in [0.3, 0.4) is 0 Å². The zero-order chi connectivity index (χ0) is 41.6. The molecule has 4 aromatic rings. The van der Waals surface area contributed by atoms with E-state index in [1.54, 1.807) is 30.0 Å². The van der Waals surface area contributed by atoms with Gasteiger partial charge < -0.3 is 33.5 Å². The fraction of sp³-hybridized carbons (Fsp3) is 0.561. The smallest absolute Gasteiger partial charge is 0.410 e. The van der Waals surface area contributed by atoms with E-state index in [0.717, 1.165) is 32.2 Å². The molecule has 6 heterocycles. The lowest BCUT2D eigenvalue weighted by Gasteiger charge is -2.45. The van der Waals surface area contributed by atoms with E-state index in [-0.39, 0.29) is 72.7 Å². The van der Waals surface area contributed by atoms with Crippen molar-refractivity contribution >= 4 is 54.9 Å². The summed E-state index contributed by atoms with van der Waals surface area (Å²) in [5.74, 6) is -0.317. The first-order valence-corrected chi connectivity index (χ1v) is 22.1. The number of anilines is 1. The molecule has 4 aliphatic rings. The molecule has 15 nitrogen and oxygen atoms in total. The number of ether oxygens (including phenoxy) is 5. The summed E-state index contributed by atoms with van der Waals surface area (Å²) >= 11 is -1.01. The Morgan fingerprint density at radius 3 is 2.69 bits per heavy atom. The average molecular weight is 930 g/mol. The van der Waals surface area contributed by atoms with Gasteiger partial charge in [0, 0.05) is 31.8 Å². The highest BCUT2D eigenvalue weighted by Crippen LogP contribution is 2.46. The van der Waals surface area contributed by atoms with Gasteiger partial charge in [-0.25, -0.2) is 18.6 Å². The predicted molar refractivity (Wildman–Crippen MR) is 225 cm³/mol. The van der Waals surface area contributed by atoms with Crippen molar-refractivity contribution in [3.63, 3.8) is 0 Å². The third kappa shape index (κ3) is 7.87. The van der Waals surface area contributed by atoms with Gasteiger partial charge in [0.1, 0.15) is 52.8 Å². The summed E-state index contributed by atoms with van der Waals surface area (Å²) in [4.78, 5) is 34.4. The van der Waals surface area contributed by atoms with E-state index in [9.17, 15) is 4.79 Å². The van der Waals surface area contributed by atoms with Crippen molar-refractivity contribution in [1.29, 1.82) is 3.56 Å². The fourth-order valence-electron chi connectivity index (χ4n) is 9.23. The molecule has 0 unspecified atom stereocenters. The minimum atomic E-state index is -1.01. The average Bonchev–Trinajstić information content (AvgIpc) is 3.74. The molecule has 59 heavy (non-hydrogen) atoms. The van der Waals surface area contributed by atoms with Crippen molar-refractivity contribution in [2.24, 2.45) is 8.44 Å². The summed E-state index contributed by atoms with van der Waals surface area (Å²) in [6.07, 6.45) is 3.95. The first kappa shape index (κ1) is 41.3. The SMILES string of the molecule is CC[C@@H]1CN2c3nc(OC[C@@]45CCCN4[C@H](CN=NI=N)CC5)nc4c(F)c(-c5cc(OCOC)cc6ccc(F)c(C)c56)nc(c34)OC[C@@H]2CN1C(=O)OC(C)(C)C. The van der Waals surface area contributed by atoms with Crippen LogP contribution in [0.1, 0.15) is 65.4 Å². The van der Waals surface area contributed by atoms with Crippen molar-refractivity contribution in [1.82, 2.24) is 24.8 Å². The number of carbonyl (C=O) groups excluding carboxylic acids is 1. The van der Waals surface area contributed by atoms with Crippen LogP contribution in [-0.4, -0.2) is 113 Å². The number of nitrogens with one attached hydrogen (secondary N) is 1. The lowest BCUT2D eigenvalue weighted by molar-refractivity contribution is 0.00832. The number of pyridine rings is 1. The van der Waals surface area contributed by atoms with E-state index in [1.165, 1.54) is 13.2 Å². The third-order valence-corrected chi connectivity index (χ3v) is 12.5.